The van der Waals surface area contributed by atoms with Gasteiger partial charge in [-0.1, -0.05) is 35.9 Å². The number of piperidine rings is 1. The lowest BCUT2D eigenvalue weighted by atomic mass is 9.90. The zero-order chi connectivity index (χ0) is 32.0. The summed E-state index contributed by atoms with van der Waals surface area (Å²) in [6.45, 7) is 6.88. The van der Waals surface area contributed by atoms with Crippen molar-refractivity contribution in [3.05, 3.63) is 63.7 Å². The number of anilines is 1. The second kappa shape index (κ2) is 14.2. The van der Waals surface area contributed by atoms with Crippen LogP contribution in [-0.4, -0.2) is 64.1 Å². The van der Waals surface area contributed by atoms with Crippen molar-refractivity contribution in [2.24, 2.45) is 5.73 Å². The summed E-state index contributed by atoms with van der Waals surface area (Å²) in [4.78, 5) is 57.3. The van der Waals surface area contributed by atoms with Gasteiger partial charge in [0, 0.05) is 42.9 Å². The molecule has 2 unspecified atom stereocenters. The first-order valence-corrected chi connectivity index (χ1v) is 15.5. The predicted octanol–water partition coefficient (Wildman–Crippen LogP) is 3.82. The van der Waals surface area contributed by atoms with Crippen LogP contribution in [0.5, 0.6) is 0 Å². The highest BCUT2D eigenvalue weighted by Gasteiger charge is 2.37. The molecule has 2 aromatic rings. The van der Waals surface area contributed by atoms with Crippen LogP contribution in [0.15, 0.2) is 36.4 Å². The fourth-order valence-corrected chi connectivity index (χ4v) is 6.20. The minimum Gasteiger partial charge on any atom is -0.342 e. The summed E-state index contributed by atoms with van der Waals surface area (Å²) in [5, 5.41) is 15.5. The van der Waals surface area contributed by atoms with E-state index in [0.29, 0.717) is 17.1 Å². The fourth-order valence-electron chi connectivity index (χ4n) is 6.04. The van der Waals surface area contributed by atoms with Crippen molar-refractivity contribution < 1.29 is 19.2 Å². The van der Waals surface area contributed by atoms with Gasteiger partial charge >= 0.3 is 0 Å². The average molecular weight is 621 g/mol. The molecule has 44 heavy (non-hydrogen) atoms. The van der Waals surface area contributed by atoms with Gasteiger partial charge in [0.2, 0.25) is 23.6 Å². The molecule has 2 atom stereocenters. The van der Waals surface area contributed by atoms with Crippen molar-refractivity contribution in [1.29, 1.82) is 5.26 Å². The molecule has 0 aliphatic carbocycles. The maximum Gasteiger partial charge on any atom is 0.247 e. The van der Waals surface area contributed by atoms with Gasteiger partial charge in [0.15, 0.2) is 0 Å². The van der Waals surface area contributed by atoms with E-state index in [-0.39, 0.29) is 67.4 Å². The molecule has 4 N–H and O–H groups in total. The lowest BCUT2D eigenvalue weighted by Crippen LogP contribution is -2.56. The molecule has 2 aromatic carbocycles. The molecule has 1 fully saturated rings. The van der Waals surface area contributed by atoms with Gasteiger partial charge in [-0.05, 0) is 81.8 Å². The Hall–Kier alpha value is -3.94. The number of nitrogens with two attached hydrogens (primary N) is 1. The SMILES string of the molecule is Cc1cc(NC(=O)C(CCN)NC(=O)C2Cc3ccccc3CN2C(=O)CCC(=O)N2CCCCC2(C)C)c(C#N)cc1Cl. The highest BCUT2D eigenvalue weighted by atomic mass is 35.5. The third kappa shape index (κ3) is 7.58. The average Bonchev–Trinajstić information content (AvgIpc) is 3.00. The maximum absolute atomic E-state index is 13.8. The standard InChI is InChI=1S/C33H41ClN6O4/c1-21-16-27(24(19-36)17-25(21)34)38-31(43)26(12-14-35)37-32(44)28-18-22-8-4-5-9-23(22)20-39(28)29(41)10-11-30(42)40-15-7-6-13-33(40,2)3/h4-5,8-9,16-17,26,28H,6-7,10-15,18,20,35H2,1-3H3,(H,37,44)(H,38,43). The summed E-state index contributed by atoms with van der Waals surface area (Å²) in [7, 11) is 0. The summed E-state index contributed by atoms with van der Waals surface area (Å²) >= 11 is 6.14. The molecule has 2 aliphatic rings. The zero-order valence-corrected chi connectivity index (χ0v) is 26.4. The molecular weight excluding hydrogens is 580 g/mol. The summed E-state index contributed by atoms with van der Waals surface area (Å²) in [6, 6.07) is 10.8. The maximum atomic E-state index is 13.8. The number of nitrogens with one attached hydrogen (secondary N) is 2. The number of carbonyl (C=O) groups is 4. The highest BCUT2D eigenvalue weighted by Crippen LogP contribution is 2.29. The molecule has 0 aromatic heterocycles. The van der Waals surface area contributed by atoms with E-state index in [0.717, 1.165) is 30.4 Å². The van der Waals surface area contributed by atoms with Gasteiger partial charge in [0.05, 0.1) is 11.3 Å². The van der Waals surface area contributed by atoms with Gasteiger partial charge in [0.25, 0.3) is 0 Å². The Morgan fingerprint density at radius 2 is 1.82 bits per heavy atom. The Morgan fingerprint density at radius 1 is 1.11 bits per heavy atom. The van der Waals surface area contributed by atoms with Crippen LogP contribution < -0.4 is 16.4 Å². The number of nitriles is 1. The molecule has 234 valence electrons. The third-order valence-corrected chi connectivity index (χ3v) is 9.05. The van der Waals surface area contributed by atoms with Crippen molar-refractivity contribution in [3.63, 3.8) is 0 Å². The number of nitrogens with zero attached hydrogens (tertiary/aromatic N) is 3. The van der Waals surface area contributed by atoms with Crippen LogP contribution in [0.1, 0.15) is 74.6 Å². The zero-order valence-electron chi connectivity index (χ0n) is 25.6. The fraction of sp³-hybridized carbons (Fsp3) is 0.485. The van der Waals surface area contributed by atoms with E-state index in [4.69, 9.17) is 17.3 Å². The molecular formula is C33H41ClN6O4. The highest BCUT2D eigenvalue weighted by molar-refractivity contribution is 6.31. The van der Waals surface area contributed by atoms with Crippen LogP contribution in [0, 0.1) is 18.3 Å². The number of halogens is 1. The van der Waals surface area contributed by atoms with Crippen molar-refractivity contribution in [1.82, 2.24) is 15.1 Å². The molecule has 2 aliphatic heterocycles. The molecule has 0 spiro atoms. The Labute approximate surface area is 263 Å². The second-order valence-corrected chi connectivity index (χ2v) is 12.6. The minimum absolute atomic E-state index is 0.0169. The number of likely N-dealkylation sites (tertiary alicyclic amines) is 1. The number of hydrogen-bond acceptors (Lipinski definition) is 6. The first kappa shape index (κ1) is 33.0. The number of rotatable bonds is 9. The number of benzene rings is 2. The van der Waals surface area contributed by atoms with Crippen molar-refractivity contribution in [2.75, 3.05) is 18.4 Å². The van der Waals surface area contributed by atoms with E-state index >= 15 is 0 Å². The lowest BCUT2D eigenvalue weighted by Gasteiger charge is -2.42. The van der Waals surface area contributed by atoms with Gasteiger partial charge in [-0.25, -0.2) is 0 Å². The van der Waals surface area contributed by atoms with Gasteiger partial charge < -0.3 is 26.2 Å². The van der Waals surface area contributed by atoms with E-state index in [9.17, 15) is 24.4 Å². The van der Waals surface area contributed by atoms with Gasteiger partial charge in [-0.2, -0.15) is 5.26 Å². The van der Waals surface area contributed by atoms with E-state index in [2.05, 4.69) is 24.5 Å². The third-order valence-electron chi connectivity index (χ3n) is 8.64. The number of aryl methyl sites for hydroxylation is 1. The summed E-state index contributed by atoms with van der Waals surface area (Å²) < 4.78 is 0. The predicted molar refractivity (Wildman–Crippen MR) is 168 cm³/mol. The quantitative estimate of drug-likeness (QED) is 0.388. The van der Waals surface area contributed by atoms with E-state index < -0.39 is 23.9 Å². The first-order valence-electron chi connectivity index (χ1n) is 15.1. The monoisotopic (exact) mass is 620 g/mol. The van der Waals surface area contributed by atoms with Gasteiger partial charge in [-0.3, -0.25) is 19.2 Å². The second-order valence-electron chi connectivity index (χ2n) is 12.2. The molecule has 0 bridgehead atoms. The van der Waals surface area contributed by atoms with E-state index in [1.54, 1.807) is 13.0 Å². The Balaban J connectivity index is 1.50. The smallest absolute Gasteiger partial charge is 0.247 e. The van der Waals surface area contributed by atoms with Crippen LogP contribution in [0.4, 0.5) is 5.69 Å². The molecule has 0 saturated carbocycles. The largest absolute Gasteiger partial charge is 0.342 e. The summed E-state index contributed by atoms with van der Waals surface area (Å²) in [5.74, 6) is -1.38. The van der Waals surface area contributed by atoms with Crippen LogP contribution in [0.3, 0.4) is 0 Å². The number of hydrogen-bond donors (Lipinski definition) is 3. The van der Waals surface area contributed by atoms with Crippen LogP contribution >= 0.6 is 11.6 Å². The number of fused-ring (bicyclic) bond motifs is 1. The van der Waals surface area contributed by atoms with Crippen molar-refractivity contribution in [2.45, 2.75) is 89.9 Å². The molecule has 2 heterocycles. The first-order chi connectivity index (χ1) is 20.9. The molecule has 10 nitrogen and oxygen atoms in total. The molecule has 0 radical (unpaired) electrons. The summed E-state index contributed by atoms with van der Waals surface area (Å²) in [6.07, 6.45) is 3.40. The topological polar surface area (TPSA) is 149 Å². The van der Waals surface area contributed by atoms with E-state index in [1.807, 2.05) is 35.2 Å². The normalized spacial score (nSPS) is 18.0. The molecule has 4 amide bonds. The Morgan fingerprint density at radius 3 is 2.50 bits per heavy atom. The van der Waals surface area contributed by atoms with Crippen molar-refractivity contribution >= 4 is 40.9 Å². The molecule has 4 rings (SSSR count). The van der Waals surface area contributed by atoms with E-state index in [1.165, 1.54) is 11.0 Å². The van der Waals surface area contributed by atoms with Gasteiger partial charge in [0.1, 0.15) is 18.2 Å². The number of amides is 4. The Bertz CT molecular complexity index is 1470. The minimum atomic E-state index is -1.01. The number of carbonyl (C=O) groups excluding carboxylic acids is 4. The van der Waals surface area contributed by atoms with Gasteiger partial charge in [-0.15, -0.1) is 0 Å². The summed E-state index contributed by atoms with van der Waals surface area (Å²) in [5.41, 5.74) is 8.58. The van der Waals surface area contributed by atoms with Crippen molar-refractivity contribution in [3.8, 4) is 6.07 Å². The van der Waals surface area contributed by atoms with Crippen LogP contribution in [0.2, 0.25) is 5.02 Å². The van der Waals surface area contributed by atoms with Crippen LogP contribution in [0.25, 0.3) is 0 Å². The molecule has 11 heteroatoms. The lowest BCUT2D eigenvalue weighted by molar-refractivity contribution is -0.145. The Kier molecular flexibility index (Phi) is 10.7. The van der Waals surface area contributed by atoms with Crippen LogP contribution in [-0.2, 0) is 32.1 Å². The molecule has 1 saturated heterocycles.